The van der Waals surface area contributed by atoms with Crippen molar-refractivity contribution in [1.82, 2.24) is 10.2 Å². The van der Waals surface area contributed by atoms with Crippen molar-refractivity contribution >= 4 is 23.4 Å². The van der Waals surface area contributed by atoms with Crippen molar-refractivity contribution in [3.63, 3.8) is 0 Å². The van der Waals surface area contributed by atoms with Gasteiger partial charge in [-0.15, -0.1) is 0 Å². The molecule has 0 heterocycles. The van der Waals surface area contributed by atoms with Gasteiger partial charge < -0.3 is 15.5 Å². The van der Waals surface area contributed by atoms with E-state index >= 15 is 0 Å². The number of nitrogens with one attached hydrogen (secondary N) is 2. The highest BCUT2D eigenvalue weighted by Crippen LogP contribution is 2.14. The molecule has 2 aromatic carbocycles. The predicted molar refractivity (Wildman–Crippen MR) is 96.4 cm³/mol. The molecule has 0 saturated carbocycles. The average molecular weight is 339 g/mol. The van der Waals surface area contributed by atoms with Crippen LogP contribution in [0.15, 0.2) is 48.5 Å². The van der Waals surface area contributed by atoms with E-state index in [-0.39, 0.29) is 17.7 Å². The molecule has 6 heteroatoms. The molecule has 0 spiro atoms. The Kier molecular flexibility index (Phi) is 5.89. The van der Waals surface area contributed by atoms with Crippen molar-refractivity contribution in [3.05, 3.63) is 65.2 Å². The van der Waals surface area contributed by atoms with E-state index in [1.54, 1.807) is 55.4 Å². The minimum Gasteiger partial charge on any atom is -0.355 e. The zero-order valence-electron chi connectivity index (χ0n) is 14.5. The van der Waals surface area contributed by atoms with E-state index in [9.17, 15) is 14.4 Å². The Morgan fingerprint density at radius 1 is 1.00 bits per heavy atom. The van der Waals surface area contributed by atoms with Crippen molar-refractivity contribution < 1.29 is 14.4 Å². The maximum absolute atomic E-state index is 12.6. The van der Waals surface area contributed by atoms with Gasteiger partial charge >= 0.3 is 0 Å². The highest BCUT2D eigenvalue weighted by Gasteiger charge is 2.13. The van der Waals surface area contributed by atoms with Crippen LogP contribution < -0.4 is 10.6 Å². The summed E-state index contributed by atoms with van der Waals surface area (Å²) in [6.07, 6.45) is 0. The minimum atomic E-state index is -0.186. The molecule has 0 bridgehead atoms. The van der Waals surface area contributed by atoms with Crippen LogP contribution in [0.1, 0.15) is 33.2 Å². The number of benzene rings is 2. The number of anilines is 1. The molecule has 2 aromatic rings. The number of carbonyl (C=O) groups is 3. The molecule has 0 unspecified atom stereocenters. The molecule has 25 heavy (non-hydrogen) atoms. The fraction of sp³-hybridized carbons (Fsp3) is 0.211. The molecule has 0 radical (unpaired) electrons. The number of hydrogen-bond donors (Lipinski definition) is 2. The second-order valence-electron chi connectivity index (χ2n) is 5.70. The van der Waals surface area contributed by atoms with Gasteiger partial charge in [0.2, 0.25) is 5.91 Å². The van der Waals surface area contributed by atoms with Crippen LogP contribution in [-0.2, 0) is 11.3 Å². The van der Waals surface area contributed by atoms with Crippen molar-refractivity contribution in [1.29, 1.82) is 0 Å². The number of carbonyl (C=O) groups excluding carboxylic acids is 3. The van der Waals surface area contributed by atoms with Gasteiger partial charge in [0.1, 0.15) is 0 Å². The van der Waals surface area contributed by atoms with Crippen molar-refractivity contribution in [2.45, 2.75) is 13.5 Å². The van der Waals surface area contributed by atoms with Crippen LogP contribution in [0.3, 0.4) is 0 Å². The summed E-state index contributed by atoms with van der Waals surface area (Å²) in [4.78, 5) is 36.8. The van der Waals surface area contributed by atoms with Gasteiger partial charge in [-0.25, -0.2) is 0 Å². The smallest absolute Gasteiger partial charge is 0.253 e. The molecule has 6 nitrogen and oxygen atoms in total. The molecule has 130 valence electrons. The normalized spacial score (nSPS) is 10.0. The lowest BCUT2D eigenvalue weighted by Gasteiger charge is -2.18. The van der Waals surface area contributed by atoms with Crippen molar-refractivity contribution in [2.24, 2.45) is 0 Å². The Morgan fingerprint density at radius 3 is 2.28 bits per heavy atom. The summed E-state index contributed by atoms with van der Waals surface area (Å²) in [5, 5.41) is 5.23. The molecule has 0 aliphatic heterocycles. The summed E-state index contributed by atoms with van der Waals surface area (Å²) in [7, 11) is 3.29. The average Bonchev–Trinajstić information content (AvgIpc) is 2.60. The number of nitrogens with zero attached hydrogens (tertiary/aromatic N) is 1. The van der Waals surface area contributed by atoms with E-state index in [0.29, 0.717) is 23.4 Å². The van der Waals surface area contributed by atoms with Crippen LogP contribution in [-0.4, -0.2) is 36.7 Å². The Balaban J connectivity index is 2.07. The van der Waals surface area contributed by atoms with Crippen LogP contribution >= 0.6 is 0 Å². The topological polar surface area (TPSA) is 78.5 Å². The summed E-state index contributed by atoms with van der Waals surface area (Å²) in [5.41, 5.74) is 2.57. The molecule has 2 rings (SSSR count). The lowest BCUT2D eigenvalue weighted by molar-refractivity contribution is -0.114. The number of hydrogen-bond acceptors (Lipinski definition) is 3. The van der Waals surface area contributed by atoms with Gasteiger partial charge in [0.15, 0.2) is 0 Å². The van der Waals surface area contributed by atoms with Gasteiger partial charge in [0, 0.05) is 44.4 Å². The largest absolute Gasteiger partial charge is 0.355 e. The Morgan fingerprint density at radius 2 is 1.68 bits per heavy atom. The predicted octanol–water partition coefficient (Wildman–Crippen LogP) is 2.28. The van der Waals surface area contributed by atoms with Crippen molar-refractivity contribution in [2.75, 3.05) is 19.4 Å². The van der Waals surface area contributed by atoms with Gasteiger partial charge in [0.25, 0.3) is 11.8 Å². The third-order valence-electron chi connectivity index (χ3n) is 3.64. The first-order chi connectivity index (χ1) is 11.9. The quantitative estimate of drug-likeness (QED) is 0.877. The summed E-state index contributed by atoms with van der Waals surface area (Å²) in [5.74, 6) is -0.484. The highest BCUT2D eigenvalue weighted by molar-refractivity contribution is 5.96. The Bertz CT molecular complexity index is 785. The van der Waals surface area contributed by atoms with Crippen LogP contribution in [0.25, 0.3) is 0 Å². The molecule has 0 atom stereocenters. The summed E-state index contributed by atoms with van der Waals surface area (Å²) in [6, 6.07) is 13.9. The monoisotopic (exact) mass is 339 g/mol. The second-order valence-corrected chi connectivity index (χ2v) is 5.70. The van der Waals surface area contributed by atoms with Crippen LogP contribution in [0.4, 0.5) is 5.69 Å². The lowest BCUT2D eigenvalue weighted by atomic mass is 10.1. The van der Waals surface area contributed by atoms with Crippen molar-refractivity contribution in [3.8, 4) is 0 Å². The van der Waals surface area contributed by atoms with Gasteiger partial charge in [0.05, 0.1) is 0 Å². The van der Waals surface area contributed by atoms with Gasteiger partial charge in [-0.05, 0) is 35.9 Å². The van der Waals surface area contributed by atoms with E-state index in [0.717, 1.165) is 5.56 Å². The first-order valence-corrected chi connectivity index (χ1v) is 7.85. The van der Waals surface area contributed by atoms with Crippen LogP contribution in [0.2, 0.25) is 0 Å². The molecular formula is C19H21N3O3. The standard InChI is InChI=1S/C19H21N3O3/c1-13(23)21-17-6-4-5-16(11-17)19(25)22(3)12-14-7-9-15(10-8-14)18(24)20-2/h4-11H,12H2,1-3H3,(H,20,24)(H,21,23). The molecule has 0 aliphatic rings. The third-order valence-corrected chi connectivity index (χ3v) is 3.64. The fourth-order valence-electron chi connectivity index (χ4n) is 2.41. The Hall–Kier alpha value is -3.15. The number of amides is 3. The zero-order valence-corrected chi connectivity index (χ0v) is 14.5. The molecule has 3 amide bonds. The fourth-order valence-corrected chi connectivity index (χ4v) is 2.41. The summed E-state index contributed by atoms with van der Waals surface area (Å²) >= 11 is 0. The molecule has 0 saturated heterocycles. The van der Waals surface area contributed by atoms with Crippen LogP contribution in [0.5, 0.6) is 0 Å². The van der Waals surface area contributed by atoms with Crippen LogP contribution in [0, 0.1) is 0 Å². The Labute approximate surface area is 146 Å². The first-order valence-electron chi connectivity index (χ1n) is 7.85. The lowest BCUT2D eigenvalue weighted by Crippen LogP contribution is -2.26. The second kappa shape index (κ2) is 8.10. The third kappa shape index (κ3) is 4.91. The summed E-state index contributed by atoms with van der Waals surface area (Å²) in [6.45, 7) is 1.83. The van der Waals surface area contributed by atoms with E-state index in [1.807, 2.05) is 12.1 Å². The van der Waals surface area contributed by atoms with Gasteiger partial charge in [-0.1, -0.05) is 18.2 Å². The minimum absolute atomic E-state index is 0.147. The molecular weight excluding hydrogens is 318 g/mol. The van der Waals surface area contributed by atoms with E-state index in [2.05, 4.69) is 10.6 Å². The number of rotatable bonds is 5. The van der Waals surface area contributed by atoms with E-state index < -0.39 is 0 Å². The van der Waals surface area contributed by atoms with E-state index in [4.69, 9.17) is 0 Å². The van der Waals surface area contributed by atoms with Gasteiger partial charge in [-0.2, -0.15) is 0 Å². The van der Waals surface area contributed by atoms with Gasteiger partial charge in [-0.3, -0.25) is 14.4 Å². The zero-order chi connectivity index (χ0) is 18.4. The first kappa shape index (κ1) is 18.2. The maximum atomic E-state index is 12.6. The molecule has 0 fully saturated rings. The van der Waals surface area contributed by atoms with E-state index in [1.165, 1.54) is 6.92 Å². The molecule has 0 aromatic heterocycles. The highest BCUT2D eigenvalue weighted by atomic mass is 16.2. The maximum Gasteiger partial charge on any atom is 0.253 e. The molecule has 0 aliphatic carbocycles. The molecule has 2 N–H and O–H groups in total. The SMILES string of the molecule is CNC(=O)c1ccc(CN(C)C(=O)c2cccc(NC(C)=O)c2)cc1. The summed E-state index contributed by atoms with van der Waals surface area (Å²) < 4.78 is 0.